The molecule has 0 bridgehead atoms. The van der Waals surface area contributed by atoms with E-state index in [9.17, 15) is 13.2 Å². The minimum Gasteiger partial charge on any atom is -0.496 e. The summed E-state index contributed by atoms with van der Waals surface area (Å²) >= 11 is 0. The maximum atomic E-state index is 12.8. The molecule has 134 valence electrons. The molecule has 0 aliphatic carbocycles. The van der Waals surface area contributed by atoms with Gasteiger partial charge in [0.05, 0.1) is 29.9 Å². The third-order valence-corrected chi connectivity index (χ3v) is 5.37. The summed E-state index contributed by atoms with van der Waals surface area (Å²) in [4.78, 5) is 12.1. The summed E-state index contributed by atoms with van der Waals surface area (Å²) in [6, 6.07) is 9.42. The first-order chi connectivity index (χ1) is 11.8. The van der Waals surface area contributed by atoms with E-state index in [-0.39, 0.29) is 22.8 Å². The van der Waals surface area contributed by atoms with Crippen molar-refractivity contribution in [1.82, 2.24) is 0 Å². The first kappa shape index (κ1) is 18.8. The van der Waals surface area contributed by atoms with Crippen LogP contribution in [0.15, 0.2) is 41.3 Å². The fourth-order valence-electron chi connectivity index (χ4n) is 2.44. The molecule has 1 N–H and O–H groups in total. The second-order valence-electron chi connectivity index (χ2n) is 5.39. The summed E-state index contributed by atoms with van der Waals surface area (Å²) in [6.07, 6.45) is 0. The van der Waals surface area contributed by atoms with Crippen LogP contribution < -0.4 is 9.46 Å². The van der Waals surface area contributed by atoms with E-state index >= 15 is 0 Å². The van der Waals surface area contributed by atoms with Gasteiger partial charge in [-0.2, -0.15) is 0 Å². The van der Waals surface area contributed by atoms with E-state index in [2.05, 4.69) is 4.72 Å². The van der Waals surface area contributed by atoms with Crippen molar-refractivity contribution in [2.24, 2.45) is 0 Å². The quantitative estimate of drug-likeness (QED) is 0.797. The number of para-hydroxylation sites is 1. The molecule has 0 amide bonds. The molecule has 2 aromatic carbocycles. The van der Waals surface area contributed by atoms with Gasteiger partial charge in [0.1, 0.15) is 5.75 Å². The van der Waals surface area contributed by atoms with Crippen LogP contribution in [0.3, 0.4) is 0 Å². The fourth-order valence-corrected chi connectivity index (χ4v) is 3.82. The van der Waals surface area contributed by atoms with E-state index in [0.29, 0.717) is 11.3 Å². The van der Waals surface area contributed by atoms with E-state index in [1.165, 1.54) is 25.3 Å². The molecule has 0 aliphatic rings. The predicted octanol–water partition coefficient (Wildman–Crippen LogP) is 3.29. The Bertz CT molecular complexity index is 890. The Morgan fingerprint density at radius 2 is 1.76 bits per heavy atom. The van der Waals surface area contributed by atoms with Crippen LogP contribution in [0.1, 0.15) is 28.4 Å². The molecule has 25 heavy (non-hydrogen) atoms. The molecular weight excluding hydrogens is 342 g/mol. The molecule has 2 aromatic rings. The zero-order valence-corrected chi connectivity index (χ0v) is 15.4. The minimum atomic E-state index is -3.88. The van der Waals surface area contributed by atoms with Crippen LogP contribution >= 0.6 is 0 Å². The highest BCUT2D eigenvalue weighted by Crippen LogP contribution is 2.29. The third kappa shape index (κ3) is 3.93. The van der Waals surface area contributed by atoms with Crippen molar-refractivity contribution in [2.75, 3.05) is 18.4 Å². The normalized spacial score (nSPS) is 11.0. The lowest BCUT2D eigenvalue weighted by molar-refractivity contribution is 0.0527. The van der Waals surface area contributed by atoms with Crippen molar-refractivity contribution in [3.8, 4) is 5.75 Å². The Hall–Kier alpha value is -2.54. The van der Waals surface area contributed by atoms with Crippen LogP contribution in [0.25, 0.3) is 0 Å². The summed E-state index contributed by atoms with van der Waals surface area (Å²) in [5.41, 5.74) is 1.66. The zero-order valence-electron chi connectivity index (χ0n) is 14.6. The number of esters is 1. The van der Waals surface area contributed by atoms with Gasteiger partial charge in [-0.3, -0.25) is 4.72 Å². The molecule has 0 fully saturated rings. The molecule has 0 radical (unpaired) electrons. The fraction of sp³-hybridized carbons (Fsp3) is 0.278. The number of sulfonamides is 1. The largest absolute Gasteiger partial charge is 0.496 e. The van der Waals surface area contributed by atoms with Gasteiger partial charge < -0.3 is 9.47 Å². The highest BCUT2D eigenvalue weighted by molar-refractivity contribution is 7.92. The summed E-state index contributed by atoms with van der Waals surface area (Å²) in [7, 11) is -2.34. The van der Waals surface area contributed by atoms with E-state index in [0.717, 1.165) is 5.56 Å². The SMILES string of the molecule is CCOC(=O)c1ccccc1NS(=O)(=O)c1ccc(OC)c(C)c1C. The lowest BCUT2D eigenvalue weighted by atomic mass is 10.1. The predicted molar refractivity (Wildman–Crippen MR) is 95.7 cm³/mol. The Kier molecular flexibility index (Phi) is 5.69. The van der Waals surface area contributed by atoms with E-state index < -0.39 is 16.0 Å². The molecule has 6 nitrogen and oxygen atoms in total. The van der Waals surface area contributed by atoms with E-state index in [4.69, 9.17) is 9.47 Å². The highest BCUT2D eigenvalue weighted by Gasteiger charge is 2.22. The van der Waals surface area contributed by atoms with Crippen LogP contribution in [-0.2, 0) is 14.8 Å². The highest BCUT2D eigenvalue weighted by atomic mass is 32.2. The summed E-state index contributed by atoms with van der Waals surface area (Å²) in [6.45, 7) is 5.40. The average Bonchev–Trinajstić information content (AvgIpc) is 2.57. The van der Waals surface area contributed by atoms with Crippen molar-refractivity contribution >= 4 is 21.7 Å². The zero-order chi connectivity index (χ0) is 18.6. The number of hydrogen-bond acceptors (Lipinski definition) is 5. The molecule has 0 spiro atoms. The second-order valence-corrected chi connectivity index (χ2v) is 7.04. The van der Waals surface area contributed by atoms with Crippen LogP contribution in [0.4, 0.5) is 5.69 Å². The van der Waals surface area contributed by atoms with Crippen molar-refractivity contribution in [3.05, 3.63) is 53.1 Å². The second kappa shape index (κ2) is 7.57. The topological polar surface area (TPSA) is 81.7 Å². The number of carbonyl (C=O) groups is 1. The van der Waals surface area contributed by atoms with Gasteiger partial charge >= 0.3 is 5.97 Å². The number of ether oxygens (including phenoxy) is 2. The van der Waals surface area contributed by atoms with E-state index in [1.54, 1.807) is 39.0 Å². The number of nitrogens with one attached hydrogen (secondary N) is 1. The Morgan fingerprint density at radius 1 is 1.08 bits per heavy atom. The Morgan fingerprint density at radius 3 is 2.40 bits per heavy atom. The molecule has 0 unspecified atom stereocenters. The van der Waals surface area contributed by atoms with Gasteiger partial charge in [0.2, 0.25) is 0 Å². The van der Waals surface area contributed by atoms with Gasteiger partial charge in [-0.15, -0.1) is 0 Å². The first-order valence-corrected chi connectivity index (χ1v) is 9.23. The number of benzene rings is 2. The number of hydrogen-bond donors (Lipinski definition) is 1. The van der Waals surface area contributed by atoms with Gasteiger partial charge in [-0.1, -0.05) is 12.1 Å². The Labute approximate surface area is 147 Å². The van der Waals surface area contributed by atoms with E-state index in [1.807, 2.05) is 0 Å². The van der Waals surface area contributed by atoms with Crippen molar-refractivity contribution in [3.63, 3.8) is 0 Å². The van der Waals surface area contributed by atoms with Crippen molar-refractivity contribution < 1.29 is 22.7 Å². The maximum absolute atomic E-state index is 12.8. The molecular formula is C18H21NO5S. The van der Waals surface area contributed by atoms with Crippen LogP contribution in [-0.4, -0.2) is 28.1 Å². The van der Waals surface area contributed by atoms with Crippen molar-refractivity contribution in [1.29, 1.82) is 0 Å². The lowest BCUT2D eigenvalue weighted by Gasteiger charge is -2.15. The molecule has 0 atom stereocenters. The van der Waals surface area contributed by atoms with Crippen molar-refractivity contribution in [2.45, 2.75) is 25.7 Å². The van der Waals surface area contributed by atoms with Crippen LogP contribution in [0.2, 0.25) is 0 Å². The van der Waals surface area contributed by atoms with Crippen LogP contribution in [0.5, 0.6) is 5.75 Å². The van der Waals surface area contributed by atoms with Gasteiger partial charge in [-0.05, 0) is 56.2 Å². The standard InChI is InChI=1S/C18H21NO5S/c1-5-24-18(20)14-8-6-7-9-15(14)19-25(21,22)17-11-10-16(23-4)12(2)13(17)3/h6-11,19H,5H2,1-4H3. The molecule has 0 saturated heterocycles. The molecule has 2 rings (SSSR count). The van der Waals surface area contributed by atoms with Crippen LogP contribution in [0, 0.1) is 13.8 Å². The van der Waals surface area contributed by atoms with Gasteiger partial charge in [0, 0.05) is 0 Å². The average molecular weight is 363 g/mol. The molecule has 0 saturated carbocycles. The summed E-state index contributed by atoms with van der Waals surface area (Å²) in [5.74, 6) is 0.0341. The third-order valence-electron chi connectivity index (χ3n) is 3.86. The number of methoxy groups -OCH3 is 1. The number of anilines is 1. The number of carbonyl (C=O) groups excluding carboxylic acids is 1. The molecule has 0 aliphatic heterocycles. The Balaban J connectivity index is 2.44. The minimum absolute atomic E-state index is 0.129. The smallest absolute Gasteiger partial charge is 0.340 e. The molecule has 7 heteroatoms. The van der Waals surface area contributed by atoms with Gasteiger partial charge in [0.25, 0.3) is 10.0 Å². The lowest BCUT2D eigenvalue weighted by Crippen LogP contribution is -2.17. The summed E-state index contributed by atoms with van der Waals surface area (Å²) in [5, 5.41) is 0. The monoisotopic (exact) mass is 363 g/mol. The summed E-state index contributed by atoms with van der Waals surface area (Å²) < 4.78 is 38.3. The maximum Gasteiger partial charge on any atom is 0.340 e. The van der Waals surface area contributed by atoms with Gasteiger partial charge in [-0.25, -0.2) is 13.2 Å². The first-order valence-electron chi connectivity index (χ1n) is 7.75. The molecule has 0 heterocycles. The van der Waals surface area contributed by atoms with Gasteiger partial charge in [0.15, 0.2) is 0 Å². The number of rotatable bonds is 6. The molecule has 0 aromatic heterocycles.